The SMILES string of the molecule is ClC(C=Cc1ccccc1)c1ccccc1. The van der Waals surface area contributed by atoms with Crippen molar-refractivity contribution in [2.45, 2.75) is 5.38 Å². The summed E-state index contributed by atoms with van der Waals surface area (Å²) in [5.41, 5.74) is 2.29. The van der Waals surface area contributed by atoms with Crippen LogP contribution in [0.1, 0.15) is 16.5 Å². The fraction of sp³-hybridized carbons (Fsp3) is 0.0667. The monoisotopic (exact) mass is 228 g/mol. The van der Waals surface area contributed by atoms with E-state index in [1.807, 2.05) is 60.7 Å². The van der Waals surface area contributed by atoms with Gasteiger partial charge in [-0.25, -0.2) is 0 Å². The molecule has 1 heteroatoms. The summed E-state index contributed by atoms with van der Waals surface area (Å²) in [5.74, 6) is 0. The van der Waals surface area contributed by atoms with Crippen LogP contribution in [-0.2, 0) is 0 Å². The summed E-state index contributed by atoms with van der Waals surface area (Å²) in [6.07, 6.45) is 4.05. The molecule has 80 valence electrons. The summed E-state index contributed by atoms with van der Waals surface area (Å²) in [5, 5.41) is -0.0681. The number of rotatable bonds is 3. The molecule has 0 amide bonds. The van der Waals surface area contributed by atoms with E-state index >= 15 is 0 Å². The van der Waals surface area contributed by atoms with Crippen molar-refractivity contribution in [1.29, 1.82) is 0 Å². The molecule has 0 aromatic heterocycles. The van der Waals surface area contributed by atoms with Gasteiger partial charge in [0.1, 0.15) is 0 Å². The van der Waals surface area contributed by atoms with Crippen LogP contribution in [0.2, 0.25) is 0 Å². The van der Waals surface area contributed by atoms with E-state index in [0.717, 1.165) is 5.56 Å². The van der Waals surface area contributed by atoms with Crippen LogP contribution < -0.4 is 0 Å². The van der Waals surface area contributed by atoms with E-state index in [-0.39, 0.29) is 5.38 Å². The van der Waals surface area contributed by atoms with Gasteiger partial charge in [-0.1, -0.05) is 72.8 Å². The second kappa shape index (κ2) is 5.53. The molecular formula is C15H13Cl. The van der Waals surface area contributed by atoms with Gasteiger partial charge in [-0.3, -0.25) is 0 Å². The van der Waals surface area contributed by atoms with Crippen LogP contribution in [0.25, 0.3) is 6.08 Å². The van der Waals surface area contributed by atoms with Gasteiger partial charge < -0.3 is 0 Å². The highest BCUT2D eigenvalue weighted by Crippen LogP contribution is 2.22. The Morgan fingerprint density at radius 3 is 2.00 bits per heavy atom. The molecule has 1 unspecified atom stereocenters. The van der Waals surface area contributed by atoms with Gasteiger partial charge in [-0.05, 0) is 11.1 Å². The molecule has 16 heavy (non-hydrogen) atoms. The summed E-state index contributed by atoms with van der Waals surface area (Å²) in [4.78, 5) is 0. The summed E-state index contributed by atoms with van der Waals surface area (Å²) < 4.78 is 0. The number of halogens is 1. The molecule has 0 fully saturated rings. The Morgan fingerprint density at radius 1 is 0.812 bits per heavy atom. The highest BCUT2D eigenvalue weighted by atomic mass is 35.5. The maximum atomic E-state index is 6.27. The maximum Gasteiger partial charge on any atom is 0.0769 e. The van der Waals surface area contributed by atoms with Gasteiger partial charge in [0.05, 0.1) is 5.38 Å². The minimum atomic E-state index is -0.0681. The number of hydrogen-bond acceptors (Lipinski definition) is 0. The average molecular weight is 229 g/mol. The molecule has 0 radical (unpaired) electrons. The van der Waals surface area contributed by atoms with Crippen LogP contribution in [-0.4, -0.2) is 0 Å². The number of benzene rings is 2. The number of hydrogen-bond donors (Lipinski definition) is 0. The van der Waals surface area contributed by atoms with E-state index < -0.39 is 0 Å². The highest BCUT2D eigenvalue weighted by Gasteiger charge is 2.01. The Labute approximate surface area is 101 Å². The second-order valence-electron chi connectivity index (χ2n) is 3.58. The van der Waals surface area contributed by atoms with E-state index in [2.05, 4.69) is 12.1 Å². The molecule has 2 aromatic rings. The van der Waals surface area contributed by atoms with Gasteiger partial charge in [0.15, 0.2) is 0 Å². The molecule has 0 saturated carbocycles. The first-order chi connectivity index (χ1) is 7.86. The lowest BCUT2D eigenvalue weighted by molar-refractivity contribution is 1.22. The van der Waals surface area contributed by atoms with E-state index in [0.29, 0.717) is 0 Å². The molecule has 0 aliphatic carbocycles. The molecule has 2 rings (SSSR count). The van der Waals surface area contributed by atoms with Gasteiger partial charge in [-0.15, -0.1) is 11.6 Å². The first-order valence-corrected chi connectivity index (χ1v) is 5.72. The van der Waals surface area contributed by atoms with Crippen molar-refractivity contribution < 1.29 is 0 Å². The summed E-state index contributed by atoms with van der Waals surface area (Å²) in [7, 11) is 0. The van der Waals surface area contributed by atoms with Gasteiger partial charge in [0.25, 0.3) is 0 Å². The van der Waals surface area contributed by atoms with Crippen LogP contribution in [0.15, 0.2) is 66.7 Å². The minimum Gasteiger partial charge on any atom is -0.113 e. The lowest BCUT2D eigenvalue weighted by Gasteiger charge is -2.03. The first-order valence-electron chi connectivity index (χ1n) is 5.28. The average Bonchev–Trinajstić information content (AvgIpc) is 2.38. The summed E-state index contributed by atoms with van der Waals surface area (Å²) >= 11 is 6.27. The Morgan fingerprint density at radius 2 is 1.38 bits per heavy atom. The van der Waals surface area contributed by atoms with Gasteiger partial charge in [0, 0.05) is 0 Å². The maximum absolute atomic E-state index is 6.27. The van der Waals surface area contributed by atoms with Crippen molar-refractivity contribution in [1.82, 2.24) is 0 Å². The fourth-order valence-electron chi connectivity index (χ4n) is 1.51. The molecule has 0 N–H and O–H groups in total. The van der Waals surface area contributed by atoms with Crippen molar-refractivity contribution in [2.75, 3.05) is 0 Å². The zero-order valence-corrected chi connectivity index (χ0v) is 9.64. The highest BCUT2D eigenvalue weighted by molar-refractivity contribution is 6.22. The van der Waals surface area contributed by atoms with Gasteiger partial charge in [0.2, 0.25) is 0 Å². The van der Waals surface area contributed by atoms with Crippen LogP contribution in [0.3, 0.4) is 0 Å². The third-order valence-corrected chi connectivity index (χ3v) is 2.77. The molecular weight excluding hydrogens is 216 g/mol. The summed E-state index contributed by atoms with van der Waals surface area (Å²) in [6, 6.07) is 20.2. The Balaban J connectivity index is 2.08. The third-order valence-electron chi connectivity index (χ3n) is 2.38. The molecule has 0 aliphatic rings. The smallest absolute Gasteiger partial charge is 0.0769 e. The lowest BCUT2D eigenvalue weighted by atomic mass is 10.1. The molecule has 0 bridgehead atoms. The van der Waals surface area contributed by atoms with E-state index in [1.165, 1.54) is 5.56 Å². The molecule has 0 spiro atoms. The zero-order chi connectivity index (χ0) is 11.2. The van der Waals surface area contributed by atoms with E-state index in [9.17, 15) is 0 Å². The van der Waals surface area contributed by atoms with Crippen LogP contribution in [0, 0.1) is 0 Å². The van der Waals surface area contributed by atoms with E-state index in [1.54, 1.807) is 0 Å². The molecule has 0 aliphatic heterocycles. The van der Waals surface area contributed by atoms with Crippen molar-refractivity contribution in [2.24, 2.45) is 0 Å². The lowest BCUT2D eigenvalue weighted by Crippen LogP contribution is -1.84. The van der Waals surface area contributed by atoms with Crippen molar-refractivity contribution >= 4 is 17.7 Å². The fourth-order valence-corrected chi connectivity index (χ4v) is 1.73. The minimum absolute atomic E-state index is 0.0681. The van der Waals surface area contributed by atoms with E-state index in [4.69, 9.17) is 11.6 Å². The number of alkyl halides is 1. The third kappa shape index (κ3) is 2.98. The number of allylic oxidation sites excluding steroid dienone is 1. The predicted molar refractivity (Wildman–Crippen MR) is 70.5 cm³/mol. The normalized spacial score (nSPS) is 12.8. The molecule has 0 heterocycles. The first kappa shape index (κ1) is 11.0. The van der Waals surface area contributed by atoms with Crippen LogP contribution in [0.4, 0.5) is 0 Å². The van der Waals surface area contributed by atoms with Crippen molar-refractivity contribution in [3.63, 3.8) is 0 Å². The predicted octanol–water partition coefficient (Wildman–Crippen LogP) is 4.68. The van der Waals surface area contributed by atoms with Crippen molar-refractivity contribution in [3.05, 3.63) is 77.9 Å². The van der Waals surface area contributed by atoms with Gasteiger partial charge in [-0.2, -0.15) is 0 Å². The molecule has 1 atom stereocenters. The van der Waals surface area contributed by atoms with Crippen LogP contribution >= 0.6 is 11.6 Å². The topological polar surface area (TPSA) is 0 Å². The molecule has 2 aromatic carbocycles. The molecule has 0 nitrogen and oxygen atoms in total. The Bertz CT molecular complexity index is 445. The standard InChI is InChI=1S/C15H13Cl/c16-15(14-9-5-2-6-10-14)12-11-13-7-3-1-4-8-13/h1-12,15H. The largest absolute Gasteiger partial charge is 0.113 e. The Hall–Kier alpha value is -1.53. The molecule has 0 saturated heterocycles. The van der Waals surface area contributed by atoms with Crippen molar-refractivity contribution in [3.8, 4) is 0 Å². The Kier molecular flexibility index (Phi) is 3.79. The second-order valence-corrected chi connectivity index (χ2v) is 4.05. The summed E-state index contributed by atoms with van der Waals surface area (Å²) in [6.45, 7) is 0. The quantitative estimate of drug-likeness (QED) is 0.670. The van der Waals surface area contributed by atoms with Crippen LogP contribution in [0.5, 0.6) is 0 Å². The zero-order valence-electron chi connectivity index (χ0n) is 8.88. The van der Waals surface area contributed by atoms with Gasteiger partial charge >= 0.3 is 0 Å².